The van der Waals surface area contributed by atoms with Gasteiger partial charge in [-0.25, -0.2) is 9.79 Å². The van der Waals surface area contributed by atoms with Crippen LogP contribution in [-0.4, -0.2) is 38.9 Å². The van der Waals surface area contributed by atoms with Crippen molar-refractivity contribution in [2.24, 2.45) is 19.1 Å². The molecular formula is C23H20ClN5O6S. The lowest BCUT2D eigenvalue weighted by molar-refractivity contribution is -0.113. The number of carbonyl (C=O) groups is 2. The highest BCUT2D eigenvalue weighted by Crippen LogP contribution is 2.34. The number of hydrogen-bond acceptors (Lipinski definition) is 9. The minimum Gasteiger partial charge on any atom is -0.495 e. The van der Waals surface area contributed by atoms with Gasteiger partial charge in [0.2, 0.25) is 0 Å². The van der Waals surface area contributed by atoms with Crippen LogP contribution in [0, 0.1) is 0 Å². The van der Waals surface area contributed by atoms with E-state index in [2.05, 4.69) is 4.99 Å². The Bertz CT molecular complexity index is 1550. The molecule has 0 saturated carbocycles. The van der Waals surface area contributed by atoms with Crippen molar-refractivity contribution in [1.82, 2.24) is 9.13 Å². The van der Waals surface area contributed by atoms with Gasteiger partial charge in [-0.05, 0) is 30.3 Å². The zero-order chi connectivity index (χ0) is 26.1. The summed E-state index contributed by atoms with van der Waals surface area (Å²) in [6.45, 7) is 0. The first-order valence-electron chi connectivity index (χ1n) is 10.4. The second-order valence-corrected chi connectivity index (χ2v) is 8.93. The summed E-state index contributed by atoms with van der Waals surface area (Å²) in [5.74, 6) is -0.784. The summed E-state index contributed by atoms with van der Waals surface area (Å²) in [6.07, 6.45) is 2.93. The number of ketones is 1. The van der Waals surface area contributed by atoms with Gasteiger partial charge in [0.1, 0.15) is 28.6 Å². The number of ether oxygens (including phenoxy) is 1. The molecule has 1 aliphatic heterocycles. The second-order valence-electron chi connectivity index (χ2n) is 7.58. The van der Waals surface area contributed by atoms with Crippen LogP contribution in [0.2, 0.25) is 5.02 Å². The molecule has 2 aromatic heterocycles. The molecule has 3 aromatic rings. The van der Waals surface area contributed by atoms with Crippen LogP contribution in [0.15, 0.2) is 61.3 Å². The fourth-order valence-corrected chi connectivity index (χ4v) is 4.58. The molecule has 0 aliphatic carbocycles. The Morgan fingerprint density at radius 1 is 1.22 bits per heavy atom. The third-order valence-corrected chi connectivity index (χ3v) is 6.60. The van der Waals surface area contributed by atoms with Gasteiger partial charge in [-0.1, -0.05) is 23.4 Å². The number of furan rings is 1. The van der Waals surface area contributed by atoms with Gasteiger partial charge in [0.05, 0.1) is 29.8 Å². The SMILES string of the molecule is COc1ccc(N2C(=O)C(=Cc3ccco3)N=C2SCC(=O)c2c(N)n(C)c(=O)n(C)c2=O)cc1Cl. The smallest absolute Gasteiger partial charge is 0.332 e. The summed E-state index contributed by atoms with van der Waals surface area (Å²) in [7, 11) is 4.09. The van der Waals surface area contributed by atoms with E-state index in [-0.39, 0.29) is 33.0 Å². The van der Waals surface area contributed by atoms with Crippen molar-refractivity contribution < 1.29 is 18.7 Å². The number of methoxy groups -OCH3 is 1. The zero-order valence-corrected chi connectivity index (χ0v) is 20.9. The van der Waals surface area contributed by atoms with Gasteiger partial charge in [-0.3, -0.25) is 28.4 Å². The average molecular weight is 530 g/mol. The summed E-state index contributed by atoms with van der Waals surface area (Å²) in [6, 6.07) is 8.09. The van der Waals surface area contributed by atoms with E-state index >= 15 is 0 Å². The normalized spacial score (nSPS) is 14.4. The Kier molecular flexibility index (Phi) is 6.91. The van der Waals surface area contributed by atoms with Crippen molar-refractivity contribution in [1.29, 1.82) is 0 Å². The fraction of sp³-hybridized carbons (Fsp3) is 0.174. The molecule has 0 spiro atoms. The molecule has 0 unspecified atom stereocenters. The van der Waals surface area contributed by atoms with Gasteiger partial charge >= 0.3 is 5.69 Å². The van der Waals surface area contributed by atoms with E-state index in [1.54, 1.807) is 24.3 Å². The molecule has 0 atom stereocenters. The summed E-state index contributed by atoms with van der Waals surface area (Å²) in [5.41, 5.74) is 4.60. The monoisotopic (exact) mass is 529 g/mol. The maximum absolute atomic E-state index is 13.3. The molecule has 2 N–H and O–H groups in total. The molecule has 186 valence electrons. The summed E-state index contributed by atoms with van der Waals surface area (Å²) in [4.78, 5) is 56.6. The van der Waals surface area contributed by atoms with Crippen molar-refractivity contribution in [3.05, 3.63) is 79.5 Å². The minimum absolute atomic E-state index is 0.0735. The van der Waals surface area contributed by atoms with E-state index in [0.29, 0.717) is 17.2 Å². The van der Waals surface area contributed by atoms with Crippen LogP contribution < -0.4 is 26.6 Å². The van der Waals surface area contributed by atoms with Crippen molar-refractivity contribution >= 4 is 57.8 Å². The van der Waals surface area contributed by atoms with Gasteiger partial charge in [0, 0.05) is 20.2 Å². The van der Waals surface area contributed by atoms with E-state index in [1.165, 1.54) is 44.5 Å². The molecule has 0 saturated heterocycles. The third-order valence-electron chi connectivity index (χ3n) is 5.37. The Balaban J connectivity index is 1.70. The Morgan fingerprint density at radius 3 is 2.61 bits per heavy atom. The molecule has 1 aromatic carbocycles. The molecule has 4 rings (SSSR count). The largest absolute Gasteiger partial charge is 0.495 e. The van der Waals surface area contributed by atoms with Crippen LogP contribution in [0.5, 0.6) is 5.75 Å². The van der Waals surface area contributed by atoms with E-state index in [0.717, 1.165) is 20.9 Å². The number of Topliss-reactive ketones (excluding diaryl/α,β-unsaturated/α-hetero) is 1. The van der Waals surface area contributed by atoms with Crippen molar-refractivity contribution in [3.63, 3.8) is 0 Å². The van der Waals surface area contributed by atoms with E-state index in [9.17, 15) is 19.2 Å². The number of amides is 1. The number of carbonyl (C=O) groups excluding carboxylic acids is 2. The number of rotatable bonds is 6. The average Bonchev–Trinajstić information content (AvgIpc) is 3.48. The molecular weight excluding hydrogens is 510 g/mol. The first kappa shape index (κ1) is 25.1. The van der Waals surface area contributed by atoms with E-state index in [1.807, 2.05) is 0 Å². The maximum Gasteiger partial charge on any atom is 0.332 e. The summed E-state index contributed by atoms with van der Waals surface area (Å²) >= 11 is 7.20. The Labute approximate surface area is 213 Å². The minimum atomic E-state index is -0.803. The molecule has 36 heavy (non-hydrogen) atoms. The highest BCUT2D eigenvalue weighted by Gasteiger charge is 2.33. The topological polar surface area (TPSA) is 142 Å². The van der Waals surface area contributed by atoms with Crippen molar-refractivity contribution in [3.8, 4) is 5.75 Å². The maximum atomic E-state index is 13.3. The van der Waals surface area contributed by atoms with Gasteiger partial charge < -0.3 is 14.9 Å². The number of nitrogen functional groups attached to an aromatic ring is 1. The molecule has 3 heterocycles. The molecule has 0 radical (unpaired) electrons. The first-order chi connectivity index (χ1) is 17.1. The predicted molar refractivity (Wildman–Crippen MR) is 138 cm³/mol. The number of hydrogen-bond donors (Lipinski definition) is 1. The lowest BCUT2D eigenvalue weighted by Crippen LogP contribution is -2.42. The molecule has 0 fully saturated rings. The highest BCUT2D eigenvalue weighted by molar-refractivity contribution is 8.14. The highest BCUT2D eigenvalue weighted by atomic mass is 35.5. The zero-order valence-electron chi connectivity index (χ0n) is 19.4. The van der Waals surface area contributed by atoms with Crippen LogP contribution in [0.4, 0.5) is 11.5 Å². The lowest BCUT2D eigenvalue weighted by atomic mass is 10.2. The number of amidine groups is 1. The van der Waals surface area contributed by atoms with Crippen LogP contribution in [-0.2, 0) is 18.9 Å². The van der Waals surface area contributed by atoms with Crippen molar-refractivity contribution in [2.75, 3.05) is 23.5 Å². The number of benzene rings is 1. The standard InChI is InChI=1S/C23H20ClN5O6S/c1-27-19(25)18(21(32)28(2)23(27)33)16(30)11-36-22-26-15(10-13-5-4-8-35-13)20(31)29(22)12-6-7-17(34-3)14(24)9-12/h4-10H,11,25H2,1-3H3. The number of anilines is 2. The summed E-state index contributed by atoms with van der Waals surface area (Å²) < 4.78 is 12.3. The van der Waals surface area contributed by atoms with Gasteiger partial charge in [0.25, 0.3) is 11.5 Å². The Hall–Kier alpha value is -4.03. The van der Waals surface area contributed by atoms with Gasteiger partial charge in [-0.2, -0.15) is 0 Å². The number of aliphatic imine (C=N–C) groups is 1. The van der Waals surface area contributed by atoms with E-state index in [4.69, 9.17) is 26.5 Å². The van der Waals surface area contributed by atoms with Crippen molar-refractivity contribution in [2.45, 2.75) is 0 Å². The number of thioether (sulfide) groups is 1. The third kappa shape index (κ3) is 4.48. The number of nitrogens with zero attached hydrogens (tertiary/aromatic N) is 4. The fourth-order valence-electron chi connectivity index (χ4n) is 3.45. The molecule has 0 bridgehead atoms. The van der Waals surface area contributed by atoms with Gasteiger partial charge in [0.15, 0.2) is 11.0 Å². The number of aromatic nitrogens is 2. The predicted octanol–water partition coefficient (Wildman–Crippen LogP) is 2.28. The number of halogens is 1. The van der Waals surface area contributed by atoms with Crippen LogP contribution in [0.25, 0.3) is 6.08 Å². The molecule has 13 heteroatoms. The molecule has 1 aliphatic rings. The Morgan fingerprint density at radius 2 is 1.97 bits per heavy atom. The second kappa shape index (κ2) is 9.91. The van der Waals surface area contributed by atoms with Crippen LogP contribution >= 0.6 is 23.4 Å². The van der Waals surface area contributed by atoms with Crippen LogP contribution in [0.1, 0.15) is 16.1 Å². The van der Waals surface area contributed by atoms with Crippen LogP contribution in [0.3, 0.4) is 0 Å². The molecule has 11 nitrogen and oxygen atoms in total. The molecule has 1 amide bonds. The van der Waals surface area contributed by atoms with E-state index < -0.39 is 22.9 Å². The number of nitrogens with two attached hydrogens (primary N) is 1. The lowest BCUT2D eigenvalue weighted by Gasteiger charge is -2.18. The first-order valence-corrected chi connectivity index (χ1v) is 11.7. The quantitative estimate of drug-likeness (QED) is 0.378. The summed E-state index contributed by atoms with van der Waals surface area (Å²) in [5, 5.41) is 0.445. The van der Waals surface area contributed by atoms with Gasteiger partial charge in [-0.15, -0.1) is 0 Å².